The zero-order valence-electron chi connectivity index (χ0n) is 2.64. The van der Waals surface area contributed by atoms with E-state index in [4.69, 9.17) is 11.6 Å². The van der Waals surface area contributed by atoms with Gasteiger partial charge in [0.15, 0.2) is 0 Å². The highest BCUT2D eigenvalue weighted by Gasteiger charge is 1.99. The van der Waals surface area contributed by atoms with Gasteiger partial charge in [0.25, 0.3) is 0 Å². The van der Waals surface area contributed by atoms with Gasteiger partial charge in [-0.1, -0.05) is 0 Å². The molecule has 1 N–H and O–H groups in total. The molecule has 1 rings (SSSR count). The number of hydrogen-bond donors (Lipinski definition) is 1. The van der Waals surface area contributed by atoms with Crippen LogP contribution < -0.4 is 4.72 Å². The second-order valence-corrected chi connectivity index (χ2v) is 2.65. The van der Waals surface area contributed by atoms with Crippen LogP contribution in [0.15, 0.2) is 4.40 Å². The fraction of sp³-hybridized carbons (Fsp3) is 0. The summed E-state index contributed by atoms with van der Waals surface area (Å²) in [5.74, 6) is 0. The standard InChI is InChI=1S/CHClN2S2/c2-1-3-5-6-4-1/h(H,3,4). The highest BCUT2D eigenvalue weighted by atomic mass is 35.5. The highest BCUT2D eigenvalue weighted by Crippen LogP contribution is 2.24. The van der Waals surface area contributed by atoms with Crippen molar-refractivity contribution in [1.82, 2.24) is 4.72 Å². The third-order valence-electron chi connectivity index (χ3n) is 0.281. The van der Waals surface area contributed by atoms with Gasteiger partial charge in [-0.2, -0.15) is 4.40 Å². The van der Waals surface area contributed by atoms with E-state index in [1.807, 2.05) is 0 Å². The van der Waals surface area contributed by atoms with Gasteiger partial charge in [0, 0.05) is 11.0 Å². The van der Waals surface area contributed by atoms with Gasteiger partial charge in [0.1, 0.15) is 0 Å². The second-order valence-electron chi connectivity index (χ2n) is 0.642. The molecule has 0 aromatic rings. The highest BCUT2D eigenvalue weighted by molar-refractivity contribution is 8.76. The smallest absolute Gasteiger partial charge is 0.214 e. The first-order chi connectivity index (χ1) is 2.89. The van der Waals surface area contributed by atoms with Crippen LogP contribution in [0.1, 0.15) is 0 Å². The van der Waals surface area contributed by atoms with Crippen LogP contribution in [0.2, 0.25) is 0 Å². The summed E-state index contributed by atoms with van der Waals surface area (Å²) in [5.41, 5.74) is 0. The zero-order valence-corrected chi connectivity index (χ0v) is 5.03. The number of amidine groups is 1. The van der Waals surface area contributed by atoms with E-state index < -0.39 is 0 Å². The Balaban J connectivity index is 2.45. The Hall–Kier alpha value is 0.460. The van der Waals surface area contributed by atoms with Crippen LogP contribution in [0.4, 0.5) is 0 Å². The molecule has 0 aliphatic carbocycles. The number of rotatable bonds is 0. The Morgan fingerprint density at radius 2 is 2.67 bits per heavy atom. The van der Waals surface area contributed by atoms with Crippen LogP contribution in [0.3, 0.4) is 0 Å². The van der Waals surface area contributed by atoms with E-state index in [0.29, 0.717) is 5.29 Å². The molecule has 2 nitrogen and oxygen atoms in total. The molecule has 1 aliphatic rings. The van der Waals surface area contributed by atoms with E-state index in [9.17, 15) is 0 Å². The molecule has 6 heavy (non-hydrogen) atoms. The summed E-state index contributed by atoms with van der Waals surface area (Å²) in [4.78, 5) is 0. The minimum Gasteiger partial charge on any atom is -0.293 e. The van der Waals surface area contributed by atoms with Gasteiger partial charge < -0.3 is 0 Å². The first kappa shape index (κ1) is 4.61. The van der Waals surface area contributed by atoms with Crippen molar-refractivity contribution in [2.45, 2.75) is 0 Å². The predicted molar refractivity (Wildman–Crippen MR) is 31.6 cm³/mol. The largest absolute Gasteiger partial charge is 0.293 e. The molecule has 5 heteroatoms. The summed E-state index contributed by atoms with van der Waals surface area (Å²) in [6.07, 6.45) is 0. The number of nitrogens with one attached hydrogen (secondary N) is 1. The number of hydrogen-bond acceptors (Lipinski definition) is 4. The van der Waals surface area contributed by atoms with Crippen molar-refractivity contribution in [1.29, 1.82) is 0 Å². The molecule has 0 spiro atoms. The van der Waals surface area contributed by atoms with Crippen LogP contribution >= 0.6 is 33.6 Å². The number of nitrogens with zero attached hydrogens (tertiary/aromatic N) is 1. The lowest BCUT2D eigenvalue weighted by molar-refractivity contribution is 1.61. The van der Waals surface area contributed by atoms with Crippen LogP contribution in [0.5, 0.6) is 0 Å². The van der Waals surface area contributed by atoms with Crippen LogP contribution in [-0.2, 0) is 0 Å². The maximum atomic E-state index is 5.31. The lowest BCUT2D eigenvalue weighted by Gasteiger charge is -1.78. The van der Waals surface area contributed by atoms with E-state index in [0.717, 1.165) is 0 Å². The normalized spacial score (nSPS) is 19.8. The van der Waals surface area contributed by atoms with Crippen molar-refractivity contribution < 1.29 is 0 Å². The van der Waals surface area contributed by atoms with Crippen molar-refractivity contribution in [3.8, 4) is 0 Å². The van der Waals surface area contributed by atoms with Crippen LogP contribution in [0, 0.1) is 0 Å². The number of halogens is 1. The second kappa shape index (κ2) is 1.95. The zero-order chi connectivity index (χ0) is 4.41. The van der Waals surface area contributed by atoms with Gasteiger partial charge in [-0.25, -0.2) is 0 Å². The molecule has 0 aromatic carbocycles. The molecule has 1 heterocycles. The van der Waals surface area contributed by atoms with Gasteiger partial charge in [0.05, 0.1) is 11.0 Å². The molecule has 0 fully saturated rings. The summed E-state index contributed by atoms with van der Waals surface area (Å²) < 4.78 is 6.40. The Bertz CT molecular complexity index is 81.6. The molecular weight excluding hydrogens is 140 g/mol. The van der Waals surface area contributed by atoms with Gasteiger partial charge >= 0.3 is 0 Å². The monoisotopic (exact) mass is 140 g/mol. The molecule has 1 aliphatic heterocycles. The van der Waals surface area contributed by atoms with Gasteiger partial charge in [-0.3, -0.25) is 4.72 Å². The molecular formula is CHClN2S2. The van der Waals surface area contributed by atoms with Crippen LogP contribution in [0.25, 0.3) is 0 Å². The fourth-order valence-electron chi connectivity index (χ4n) is 0.123. The lowest BCUT2D eigenvalue weighted by atomic mass is 11.4. The topological polar surface area (TPSA) is 24.4 Å². The Kier molecular flexibility index (Phi) is 1.50. The van der Waals surface area contributed by atoms with E-state index in [-0.39, 0.29) is 0 Å². The van der Waals surface area contributed by atoms with Gasteiger partial charge in [-0.15, -0.1) is 0 Å². The third-order valence-corrected chi connectivity index (χ3v) is 1.98. The molecule has 0 unspecified atom stereocenters. The summed E-state index contributed by atoms with van der Waals surface area (Å²) in [6, 6.07) is 0. The minimum absolute atomic E-state index is 0.477. The Morgan fingerprint density at radius 1 is 1.83 bits per heavy atom. The minimum atomic E-state index is 0.477. The van der Waals surface area contributed by atoms with E-state index in [2.05, 4.69) is 9.12 Å². The Morgan fingerprint density at radius 3 is 2.83 bits per heavy atom. The average molecular weight is 141 g/mol. The van der Waals surface area contributed by atoms with Crippen molar-refractivity contribution in [2.24, 2.45) is 4.40 Å². The maximum absolute atomic E-state index is 5.31. The van der Waals surface area contributed by atoms with Gasteiger partial charge in [0.2, 0.25) is 5.29 Å². The fourth-order valence-corrected chi connectivity index (χ4v) is 1.64. The van der Waals surface area contributed by atoms with Crippen molar-refractivity contribution in [3.63, 3.8) is 0 Å². The third kappa shape index (κ3) is 0.959. The summed E-state index contributed by atoms with van der Waals surface area (Å²) in [6.45, 7) is 0. The van der Waals surface area contributed by atoms with Crippen LogP contribution in [-0.4, -0.2) is 5.29 Å². The summed E-state index contributed by atoms with van der Waals surface area (Å²) in [7, 11) is 2.76. The first-order valence-corrected chi connectivity index (χ1v) is 3.70. The average Bonchev–Trinajstić information content (AvgIpc) is 1.86. The van der Waals surface area contributed by atoms with E-state index in [1.165, 1.54) is 22.0 Å². The first-order valence-electron chi connectivity index (χ1n) is 1.22. The lowest BCUT2D eigenvalue weighted by Crippen LogP contribution is -1.99. The van der Waals surface area contributed by atoms with E-state index in [1.54, 1.807) is 0 Å². The molecule has 0 atom stereocenters. The van der Waals surface area contributed by atoms with Crippen molar-refractivity contribution in [3.05, 3.63) is 0 Å². The van der Waals surface area contributed by atoms with Gasteiger partial charge in [-0.05, 0) is 11.6 Å². The molecule has 0 aromatic heterocycles. The molecule has 0 amide bonds. The molecule has 0 saturated carbocycles. The molecule has 0 bridgehead atoms. The van der Waals surface area contributed by atoms with E-state index >= 15 is 0 Å². The summed E-state index contributed by atoms with van der Waals surface area (Å²) in [5, 5.41) is 0.477. The molecule has 0 radical (unpaired) electrons. The quantitative estimate of drug-likeness (QED) is 0.313. The molecule has 34 valence electrons. The maximum Gasteiger partial charge on any atom is 0.214 e. The van der Waals surface area contributed by atoms with Crippen molar-refractivity contribution in [2.75, 3.05) is 0 Å². The Labute approximate surface area is 48.4 Å². The van der Waals surface area contributed by atoms with Crippen molar-refractivity contribution >= 4 is 38.9 Å². The SMILES string of the molecule is ClC1=NSSN1. The summed E-state index contributed by atoms with van der Waals surface area (Å²) >= 11 is 5.31. The molecule has 0 saturated heterocycles. The predicted octanol–water partition coefficient (Wildman–Crippen LogP) is 1.40.